The van der Waals surface area contributed by atoms with Crippen LogP contribution in [0.15, 0.2) is 22.9 Å². The summed E-state index contributed by atoms with van der Waals surface area (Å²) in [5.74, 6) is -0.478. The van der Waals surface area contributed by atoms with Crippen LogP contribution in [-0.2, 0) is 9.59 Å². The van der Waals surface area contributed by atoms with E-state index in [0.717, 1.165) is 0 Å². The average molecular weight is 257 g/mol. The number of halogens is 1. The second-order valence-corrected chi connectivity index (χ2v) is 3.61. The van der Waals surface area contributed by atoms with Crippen LogP contribution >= 0.6 is 15.9 Å². The Morgan fingerprint density at radius 3 is 2.71 bits per heavy atom. The third kappa shape index (κ3) is 3.66. The number of hydrogen-bond donors (Lipinski definition) is 1. The van der Waals surface area contributed by atoms with E-state index in [4.69, 9.17) is 0 Å². The monoisotopic (exact) mass is 256 g/mol. The van der Waals surface area contributed by atoms with Gasteiger partial charge in [0.2, 0.25) is 5.91 Å². The lowest BCUT2D eigenvalue weighted by molar-refractivity contribution is -0.124. The maximum Gasteiger partial charge on any atom is 0.231 e. The fraction of sp³-hybridized carbons (Fsp3) is 0.222. The molecule has 0 aliphatic heterocycles. The van der Waals surface area contributed by atoms with Gasteiger partial charge in [-0.05, 0) is 35.0 Å². The summed E-state index contributed by atoms with van der Waals surface area (Å²) in [5.41, 5.74) is 0.583. The molecule has 0 unspecified atom stereocenters. The highest BCUT2D eigenvalue weighted by Crippen LogP contribution is 2.10. The number of aromatic nitrogens is 1. The zero-order valence-corrected chi connectivity index (χ0v) is 9.17. The summed E-state index contributed by atoms with van der Waals surface area (Å²) in [6, 6.07) is 3.42. The van der Waals surface area contributed by atoms with E-state index in [9.17, 15) is 9.59 Å². The van der Waals surface area contributed by atoms with Gasteiger partial charge in [0.1, 0.15) is 10.4 Å². The van der Waals surface area contributed by atoms with Crippen LogP contribution < -0.4 is 5.32 Å². The molecule has 0 bridgehead atoms. The lowest BCUT2D eigenvalue weighted by atomic mass is 10.3. The van der Waals surface area contributed by atoms with Gasteiger partial charge in [0, 0.05) is 0 Å². The summed E-state index contributed by atoms with van der Waals surface area (Å²) >= 11 is 3.17. The van der Waals surface area contributed by atoms with Crippen molar-refractivity contribution in [2.24, 2.45) is 0 Å². The molecule has 74 valence electrons. The molecule has 1 aromatic rings. The Kier molecular flexibility index (Phi) is 3.76. The first kappa shape index (κ1) is 10.8. The number of nitrogens with zero attached hydrogens (tertiary/aromatic N) is 1. The van der Waals surface area contributed by atoms with Crippen molar-refractivity contribution in [3.63, 3.8) is 0 Å². The van der Waals surface area contributed by atoms with E-state index < -0.39 is 0 Å². The molecule has 0 radical (unpaired) electrons. The number of carbonyl (C=O) groups excluding carboxylic acids is 2. The van der Waals surface area contributed by atoms with Gasteiger partial charge in [-0.1, -0.05) is 0 Å². The molecule has 1 rings (SSSR count). The van der Waals surface area contributed by atoms with E-state index in [1.165, 1.54) is 13.1 Å². The maximum atomic E-state index is 11.1. The highest BCUT2D eigenvalue weighted by Gasteiger charge is 2.04. The zero-order valence-electron chi connectivity index (χ0n) is 7.58. The summed E-state index contributed by atoms with van der Waals surface area (Å²) in [6.07, 6.45) is 1.41. The Balaban J connectivity index is 2.56. The number of ketones is 1. The standard InChI is InChI=1S/C9H9BrN2O2/c1-6(13)4-9(14)12-7-2-3-8(10)11-5-7/h2-3,5H,4H2,1H3,(H,12,14). The number of Topliss-reactive ketones (excluding diaryl/α,β-unsaturated/α-hetero) is 1. The van der Waals surface area contributed by atoms with Gasteiger partial charge in [0.15, 0.2) is 0 Å². The van der Waals surface area contributed by atoms with E-state index in [1.54, 1.807) is 12.1 Å². The molecular weight excluding hydrogens is 248 g/mol. The van der Waals surface area contributed by atoms with Crippen molar-refractivity contribution in [3.05, 3.63) is 22.9 Å². The lowest BCUT2D eigenvalue weighted by Gasteiger charge is -2.02. The van der Waals surface area contributed by atoms with Crippen LogP contribution in [0, 0.1) is 0 Å². The SMILES string of the molecule is CC(=O)CC(=O)Nc1ccc(Br)nc1. The topological polar surface area (TPSA) is 59.1 Å². The first-order valence-corrected chi connectivity index (χ1v) is 4.78. The molecule has 0 aliphatic carbocycles. The minimum atomic E-state index is -0.318. The summed E-state index contributed by atoms with van der Waals surface area (Å²) < 4.78 is 0.696. The minimum Gasteiger partial charge on any atom is -0.324 e. The van der Waals surface area contributed by atoms with Crippen molar-refractivity contribution in [1.82, 2.24) is 4.98 Å². The van der Waals surface area contributed by atoms with E-state index in [1.807, 2.05) is 0 Å². The molecule has 0 spiro atoms. The van der Waals surface area contributed by atoms with Gasteiger partial charge in [-0.3, -0.25) is 9.59 Å². The fourth-order valence-electron chi connectivity index (χ4n) is 0.881. The van der Waals surface area contributed by atoms with Crippen LogP contribution in [0.25, 0.3) is 0 Å². The van der Waals surface area contributed by atoms with Crippen molar-refractivity contribution >= 4 is 33.3 Å². The predicted octanol–water partition coefficient (Wildman–Crippen LogP) is 1.76. The van der Waals surface area contributed by atoms with Crippen molar-refractivity contribution < 1.29 is 9.59 Å². The first-order valence-electron chi connectivity index (χ1n) is 3.99. The van der Waals surface area contributed by atoms with Crippen molar-refractivity contribution in [2.75, 3.05) is 5.32 Å². The van der Waals surface area contributed by atoms with Crippen LogP contribution in [0.1, 0.15) is 13.3 Å². The normalized spacial score (nSPS) is 9.57. The Morgan fingerprint density at radius 2 is 2.21 bits per heavy atom. The summed E-state index contributed by atoms with van der Waals surface area (Å²) in [4.78, 5) is 25.7. The van der Waals surface area contributed by atoms with E-state index in [0.29, 0.717) is 10.3 Å². The maximum absolute atomic E-state index is 11.1. The minimum absolute atomic E-state index is 0.101. The third-order valence-electron chi connectivity index (χ3n) is 1.42. The smallest absolute Gasteiger partial charge is 0.231 e. The first-order chi connectivity index (χ1) is 6.58. The van der Waals surface area contributed by atoms with Gasteiger partial charge < -0.3 is 5.32 Å². The molecule has 0 atom stereocenters. The Morgan fingerprint density at radius 1 is 1.50 bits per heavy atom. The van der Waals surface area contributed by atoms with Gasteiger partial charge >= 0.3 is 0 Å². The number of rotatable bonds is 3. The number of hydrogen-bond acceptors (Lipinski definition) is 3. The highest BCUT2D eigenvalue weighted by atomic mass is 79.9. The largest absolute Gasteiger partial charge is 0.324 e. The molecule has 0 saturated heterocycles. The number of carbonyl (C=O) groups is 2. The predicted molar refractivity (Wildman–Crippen MR) is 55.9 cm³/mol. The molecule has 0 aliphatic rings. The molecule has 1 amide bonds. The Hall–Kier alpha value is -1.23. The van der Waals surface area contributed by atoms with Gasteiger partial charge in [-0.2, -0.15) is 0 Å². The van der Waals surface area contributed by atoms with Gasteiger partial charge in [-0.15, -0.1) is 0 Å². The third-order valence-corrected chi connectivity index (χ3v) is 1.89. The molecule has 1 heterocycles. The number of nitrogens with one attached hydrogen (secondary N) is 1. The molecule has 1 aromatic heterocycles. The Labute approximate surface area is 89.9 Å². The molecule has 0 saturated carbocycles. The molecular formula is C9H9BrN2O2. The van der Waals surface area contributed by atoms with Crippen molar-refractivity contribution in [2.45, 2.75) is 13.3 Å². The van der Waals surface area contributed by atoms with E-state index >= 15 is 0 Å². The second-order valence-electron chi connectivity index (χ2n) is 2.80. The summed E-state index contributed by atoms with van der Waals surface area (Å²) in [5, 5.41) is 2.56. The van der Waals surface area contributed by atoms with E-state index in [-0.39, 0.29) is 18.1 Å². The number of anilines is 1. The van der Waals surface area contributed by atoms with Crippen LogP contribution in [0.4, 0.5) is 5.69 Å². The second kappa shape index (κ2) is 4.85. The summed E-state index contributed by atoms with van der Waals surface area (Å²) in [6.45, 7) is 1.37. The van der Waals surface area contributed by atoms with E-state index in [2.05, 4.69) is 26.2 Å². The average Bonchev–Trinajstić information content (AvgIpc) is 2.07. The van der Waals surface area contributed by atoms with Crippen molar-refractivity contribution in [1.29, 1.82) is 0 Å². The molecule has 0 fully saturated rings. The highest BCUT2D eigenvalue weighted by molar-refractivity contribution is 9.10. The molecule has 14 heavy (non-hydrogen) atoms. The molecule has 5 heteroatoms. The van der Waals surface area contributed by atoms with Crippen LogP contribution in [0.2, 0.25) is 0 Å². The van der Waals surface area contributed by atoms with Crippen LogP contribution in [0.5, 0.6) is 0 Å². The molecule has 4 nitrogen and oxygen atoms in total. The molecule has 0 aromatic carbocycles. The summed E-state index contributed by atoms with van der Waals surface area (Å²) in [7, 11) is 0. The van der Waals surface area contributed by atoms with Crippen molar-refractivity contribution in [3.8, 4) is 0 Å². The number of pyridine rings is 1. The molecule has 1 N–H and O–H groups in total. The number of amides is 1. The fourth-order valence-corrected chi connectivity index (χ4v) is 1.12. The van der Waals surface area contributed by atoms with Gasteiger partial charge in [-0.25, -0.2) is 4.98 Å². The zero-order chi connectivity index (χ0) is 10.6. The van der Waals surface area contributed by atoms with Crippen LogP contribution in [0.3, 0.4) is 0 Å². The van der Waals surface area contributed by atoms with Gasteiger partial charge in [0.25, 0.3) is 0 Å². The quantitative estimate of drug-likeness (QED) is 0.663. The van der Waals surface area contributed by atoms with Crippen LogP contribution in [-0.4, -0.2) is 16.7 Å². The van der Waals surface area contributed by atoms with Gasteiger partial charge in [0.05, 0.1) is 18.3 Å². The lowest BCUT2D eigenvalue weighted by Crippen LogP contribution is -2.14. The Bertz CT molecular complexity index is 348.